The van der Waals surface area contributed by atoms with Gasteiger partial charge in [-0.15, -0.1) is 0 Å². The average Bonchev–Trinajstić information content (AvgIpc) is 3.32. The van der Waals surface area contributed by atoms with Crippen LogP contribution in [0.25, 0.3) is 0 Å². The van der Waals surface area contributed by atoms with Crippen LogP contribution >= 0.6 is 11.6 Å². The maximum Gasteiger partial charge on any atom is 0.138 e. The zero-order valence-electron chi connectivity index (χ0n) is 12.9. The van der Waals surface area contributed by atoms with Crippen molar-refractivity contribution in [3.63, 3.8) is 0 Å². The SMILES string of the molecule is CCC1CCCC(Oc2ccc(CNC3CC3)cc2Cl)C1. The Bertz CT molecular complexity index is 472. The van der Waals surface area contributed by atoms with Crippen molar-refractivity contribution in [1.29, 1.82) is 0 Å². The Hall–Kier alpha value is -0.730. The molecule has 0 bridgehead atoms. The van der Waals surface area contributed by atoms with Gasteiger partial charge in [-0.2, -0.15) is 0 Å². The first-order valence-electron chi connectivity index (χ1n) is 8.43. The average molecular weight is 308 g/mol. The quantitative estimate of drug-likeness (QED) is 0.803. The summed E-state index contributed by atoms with van der Waals surface area (Å²) in [4.78, 5) is 0. The lowest BCUT2D eigenvalue weighted by Gasteiger charge is -2.29. The molecule has 0 radical (unpaired) electrons. The lowest BCUT2D eigenvalue weighted by molar-refractivity contribution is 0.122. The van der Waals surface area contributed by atoms with E-state index in [0.717, 1.165) is 35.7 Å². The van der Waals surface area contributed by atoms with Crippen LogP contribution in [0, 0.1) is 5.92 Å². The normalized spacial score (nSPS) is 25.8. The third-order valence-electron chi connectivity index (χ3n) is 4.77. The van der Waals surface area contributed by atoms with Gasteiger partial charge in [0.1, 0.15) is 5.75 Å². The van der Waals surface area contributed by atoms with E-state index in [4.69, 9.17) is 16.3 Å². The van der Waals surface area contributed by atoms with Gasteiger partial charge in [-0.3, -0.25) is 0 Å². The van der Waals surface area contributed by atoms with Crippen LogP contribution in [-0.2, 0) is 6.54 Å². The molecule has 0 amide bonds. The number of hydrogen-bond donors (Lipinski definition) is 1. The Morgan fingerprint density at radius 1 is 1.24 bits per heavy atom. The van der Waals surface area contributed by atoms with Crippen LogP contribution in [0.5, 0.6) is 5.75 Å². The second kappa shape index (κ2) is 7.02. The molecule has 0 saturated heterocycles. The fourth-order valence-electron chi connectivity index (χ4n) is 3.20. The summed E-state index contributed by atoms with van der Waals surface area (Å²) in [5.74, 6) is 1.68. The molecule has 116 valence electrons. The minimum atomic E-state index is 0.344. The minimum Gasteiger partial charge on any atom is -0.489 e. The molecular weight excluding hydrogens is 282 g/mol. The van der Waals surface area contributed by atoms with Crippen molar-refractivity contribution in [2.24, 2.45) is 5.92 Å². The van der Waals surface area contributed by atoms with Crippen LogP contribution < -0.4 is 10.1 Å². The van der Waals surface area contributed by atoms with Crippen molar-refractivity contribution in [2.45, 2.75) is 70.6 Å². The van der Waals surface area contributed by atoms with Gasteiger partial charge in [-0.05, 0) is 55.7 Å². The zero-order valence-corrected chi connectivity index (χ0v) is 13.7. The summed E-state index contributed by atoms with van der Waals surface area (Å²) >= 11 is 6.40. The monoisotopic (exact) mass is 307 g/mol. The van der Waals surface area contributed by atoms with Crippen LogP contribution in [0.1, 0.15) is 57.4 Å². The molecule has 3 heteroatoms. The van der Waals surface area contributed by atoms with Gasteiger partial charge in [0, 0.05) is 12.6 Å². The maximum atomic E-state index is 6.40. The van der Waals surface area contributed by atoms with Crippen LogP contribution in [0.3, 0.4) is 0 Å². The first-order valence-corrected chi connectivity index (χ1v) is 8.81. The molecule has 0 spiro atoms. The van der Waals surface area contributed by atoms with E-state index in [-0.39, 0.29) is 0 Å². The number of benzene rings is 1. The summed E-state index contributed by atoms with van der Waals surface area (Å²) in [6.07, 6.45) is 9.22. The maximum absolute atomic E-state index is 6.40. The molecule has 2 aliphatic rings. The summed E-state index contributed by atoms with van der Waals surface area (Å²) in [6, 6.07) is 6.96. The highest BCUT2D eigenvalue weighted by Gasteiger charge is 2.23. The van der Waals surface area contributed by atoms with Crippen LogP contribution in [-0.4, -0.2) is 12.1 Å². The van der Waals surface area contributed by atoms with Gasteiger partial charge in [0.2, 0.25) is 0 Å². The third kappa shape index (κ3) is 4.37. The molecule has 1 aromatic carbocycles. The van der Waals surface area contributed by atoms with Crippen molar-refractivity contribution in [3.05, 3.63) is 28.8 Å². The Morgan fingerprint density at radius 3 is 2.81 bits per heavy atom. The number of hydrogen-bond acceptors (Lipinski definition) is 2. The Morgan fingerprint density at radius 2 is 2.10 bits per heavy atom. The molecule has 0 heterocycles. The first kappa shape index (κ1) is 15.2. The highest BCUT2D eigenvalue weighted by atomic mass is 35.5. The van der Waals surface area contributed by atoms with Gasteiger partial charge in [0.25, 0.3) is 0 Å². The van der Waals surface area contributed by atoms with Gasteiger partial charge in [-0.1, -0.05) is 37.4 Å². The molecule has 2 unspecified atom stereocenters. The Kier molecular flexibility index (Phi) is 5.07. The summed E-state index contributed by atoms with van der Waals surface area (Å²) in [7, 11) is 0. The Balaban J connectivity index is 1.56. The molecule has 2 aliphatic carbocycles. The zero-order chi connectivity index (χ0) is 14.7. The largest absolute Gasteiger partial charge is 0.489 e. The van der Waals surface area contributed by atoms with Crippen molar-refractivity contribution in [3.8, 4) is 5.75 Å². The van der Waals surface area contributed by atoms with E-state index in [2.05, 4.69) is 18.3 Å². The standard InChI is InChI=1S/C18H26ClNO/c1-2-13-4-3-5-16(10-13)21-18-9-6-14(11-17(18)19)12-20-15-7-8-15/h6,9,11,13,15-16,20H,2-5,7-8,10,12H2,1H3. The fraction of sp³-hybridized carbons (Fsp3) is 0.667. The van der Waals surface area contributed by atoms with E-state index in [1.165, 1.54) is 44.1 Å². The van der Waals surface area contributed by atoms with Gasteiger partial charge >= 0.3 is 0 Å². The third-order valence-corrected chi connectivity index (χ3v) is 5.07. The van der Waals surface area contributed by atoms with E-state index < -0.39 is 0 Å². The molecule has 2 atom stereocenters. The minimum absolute atomic E-state index is 0.344. The lowest BCUT2D eigenvalue weighted by Crippen LogP contribution is -2.25. The van der Waals surface area contributed by atoms with Crippen molar-refractivity contribution >= 4 is 11.6 Å². The molecule has 2 fully saturated rings. The lowest BCUT2D eigenvalue weighted by atomic mass is 9.85. The van der Waals surface area contributed by atoms with Gasteiger partial charge in [0.15, 0.2) is 0 Å². The highest BCUT2D eigenvalue weighted by Crippen LogP contribution is 2.33. The van der Waals surface area contributed by atoms with Crippen LogP contribution in [0.2, 0.25) is 5.02 Å². The summed E-state index contributed by atoms with van der Waals surface area (Å²) in [5.41, 5.74) is 1.24. The van der Waals surface area contributed by atoms with Crippen LogP contribution in [0.4, 0.5) is 0 Å². The number of halogens is 1. The molecule has 1 N–H and O–H groups in total. The topological polar surface area (TPSA) is 21.3 Å². The van der Waals surface area contributed by atoms with Crippen LogP contribution in [0.15, 0.2) is 18.2 Å². The van der Waals surface area contributed by atoms with Gasteiger partial charge in [0.05, 0.1) is 11.1 Å². The van der Waals surface area contributed by atoms with E-state index in [9.17, 15) is 0 Å². The molecule has 1 aromatic rings. The highest BCUT2D eigenvalue weighted by molar-refractivity contribution is 6.32. The molecule has 0 aromatic heterocycles. The van der Waals surface area contributed by atoms with Crippen molar-refractivity contribution in [2.75, 3.05) is 0 Å². The summed E-state index contributed by atoms with van der Waals surface area (Å²) < 4.78 is 6.16. The number of rotatable bonds is 6. The van der Waals surface area contributed by atoms with Crippen molar-refractivity contribution < 1.29 is 4.74 Å². The number of ether oxygens (including phenoxy) is 1. The predicted molar refractivity (Wildman–Crippen MR) is 88.0 cm³/mol. The molecule has 2 nitrogen and oxygen atoms in total. The molecule has 2 saturated carbocycles. The fourth-order valence-corrected chi connectivity index (χ4v) is 3.45. The summed E-state index contributed by atoms with van der Waals surface area (Å²) in [6.45, 7) is 3.19. The Labute approximate surface area is 133 Å². The smallest absolute Gasteiger partial charge is 0.138 e. The second-order valence-electron chi connectivity index (χ2n) is 6.60. The number of nitrogens with one attached hydrogen (secondary N) is 1. The molecule has 3 rings (SSSR count). The molecule has 0 aliphatic heterocycles. The van der Waals surface area contributed by atoms with Gasteiger partial charge < -0.3 is 10.1 Å². The van der Waals surface area contributed by atoms with E-state index in [1.54, 1.807) is 0 Å². The summed E-state index contributed by atoms with van der Waals surface area (Å²) in [5, 5.41) is 4.27. The van der Waals surface area contributed by atoms with Crippen molar-refractivity contribution in [1.82, 2.24) is 5.32 Å². The van der Waals surface area contributed by atoms with E-state index >= 15 is 0 Å². The van der Waals surface area contributed by atoms with E-state index in [1.807, 2.05) is 12.1 Å². The second-order valence-corrected chi connectivity index (χ2v) is 7.01. The molecular formula is C18H26ClNO. The van der Waals surface area contributed by atoms with Gasteiger partial charge in [-0.25, -0.2) is 0 Å². The first-order chi connectivity index (χ1) is 10.2. The molecule has 21 heavy (non-hydrogen) atoms. The predicted octanol–water partition coefficient (Wildman–Crippen LogP) is 4.94. The van der Waals surface area contributed by atoms with E-state index in [0.29, 0.717) is 6.10 Å².